The first-order valence-electron chi connectivity index (χ1n) is 7.56. The number of anilines is 1. The molecule has 3 rings (SSSR count). The Balaban J connectivity index is 2.05. The predicted octanol–water partition coefficient (Wildman–Crippen LogP) is 3.83. The van der Waals surface area contributed by atoms with Crippen LogP contribution in [0.2, 0.25) is 0 Å². The van der Waals surface area contributed by atoms with E-state index in [9.17, 15) is 4.79 Å². The van der Waals surface area contributed by atoms with Crippen LogP contribution in [0.25, 0.3) is 11.3 Å². The summed E-state index contributed by atoms with van der Waals surface area (Å²) >= 11 is 1.53. The van der Waals surface area contributed by atoms with Crippen molar-refractivity contribution < 1.29 is 0 Å². The molecule has 1 N–H and O–H groups in total. The minimum Gasteiger partial charge on any atom is -0.365 e. The Morgan fingerprint density at radius 1 is 1.29 bits per heavy atom. The molecule has 0 atom stereocenters. The van der Waals surface area contributed by atoms with Crippen LogP contribution in [0.15, 0.2) is 22.3 Å². The number of rotatable bonds is 3. The maximum atomic E-state index is 12.9. The molecule has 2 aromatic heterocycles. The normalized spacial score (nSPS) is 16.1. The summed E-state index contributed by atoms with van der Waals surface area (Å²) in [5.41, 5.74) is 2.65. The minimum absolute atomic E-state index is 0.106. The van der Waals surface area contributed by atoms with Gasteiger partial charge in [-0.1, -0.05) is 19.3 Å². The molecule has 2 aromatic rings. The van der Waals surface area contributed by atoms with Crippen LogP contribution < -0.4 is 10.9 Å². The zero-order chi connectivity index (χ0) is 14.8. The van der Waals surface area contributed by atoms with Gasteiger partial charge in [0, 0.05) is 24.2 Å². The monoisotopic (exact) mass is 303 g/mol. The molecule has 1 saturated carbocycles. The van der Waals surface area contributed by atoms with E-state index in [0.29, 0.717) is 11.6 Å². The third kappa shape index (κ3) is 2.75. The van der Waals surface area contributed by atoms with Crippen LogP contribution in [0.3, 0.4) is 0 Å². The van der Waals surface area contributed by atoms with E-state index in [0.717, 1.165) is 29.4 Å². The van der Waals surface area contributed by atoms with Crippen molar-refractivity contribution in [2.45, 2.75) is 45.1 Å². The molecular weight excluding hydrogens is 282 g/mol. The Labute approximate surface area is 128 Å². The van der Waals surface area contributed by atoms with Crippen molar-refractivity contribution in [2.24, 2.45) is 0 Å². The first-order valence-corrected chi connectivity index (χ1v) is 8.44. The highest BCUT2D eigenvalue weighted by Crippen LogP contribution is 2.29. The van der Waals surface area contributed by atoms with Gasteiger partial charge in [0.05, 0.1) is 11.3 Å². The average molecular weight is 303 g/mol. The number of nitrogens with zero attached hydrogens (tertiary/aromatic N) is 2. The second kappa shape index (κ2) is 6.02. The fourth-order valence-electron chi connectivity index (χ4n) is 3.15. The summed E-state index contributed by atoms with van der Waals surface area (Å²) < 4.78 is 1.99. The highest BCUT2D eigenvalue weighted by atomic mass is 32.1. The number of hydrogen-bond acceptors (Lipinski definition) is 4. The summed E-state index contributed by atoms with van der Waals surface area (Å²) in [5, 5.41) is 5.81. The fraction of sp³-hybridized carbons (Fsp3) is 0.500. The van der Waals surface area contributed by atoms with Crippen LogP contribution in [0.5, 0.6) is 0 Å². The van der Waals surface area contributed by atoms with Crippen molar-refractivity contribution in [3.05, 3.63) is 33.6 Å². The van der Waals surface area contributed by atoms with Gasteiger partial charge < -0.3 is 9.88 Å². The van der Waals surface area contributed by atoms with Crippen LogP contribution in [0, 0.1) is 6.92 Å². The summed E-state index contributed by atoms with van der Waals surface area (Å²) in [7, 11) is 1.85. The van der Waals surface area contributed by atoms with Crippen molar-refractivity contribution in [1.82, 2.24) is 9.55 Å². The number of aromatic nitrogens is 2. The van der Waals surface area contributed by atoms with E-state index >= 15 is 0 Å². The Morgan fingerprint density at radius 2 is 2.05 bits per heavy atom. The number of pyridine rings is 1. The molecule has 0 unspecified atom stereocenters. The van der Waals surface area contributed by atoms with Gasteiger partial charge in [-0.05, 0) is 31.9 Å². The van der Waals surface area contributed by atoms with Gasteiger partial charge in [0.1, 0.15) is 0 Å². The molecule has 112 valence electrons. The molecule has 0 spiro atoms. The molecule has 21 heavy (non-hydrogen) atoms. The lowest BCUT2D eigenvalue weighted by Gasteiger charge is -2.26. The van der Waals surface area contributed by atoms with Crippen molar-refractivity contribution in [1.29, 1.82) is 0 Å². The molecule has 4 nitrogen and oxygen atoms in total. The third-order valence-corrected chi connectivity index (χ3v) is 5.11. The van der Waals surface area contributed by atoms with Gasteiger partial charge in [0.25, 0.3) is 5.56 Å². The largest absolute Gasteiger partial charge is 0.365 e. The van der Waals surface area contributed by atoms with Crippen molar-refractivity contribution in [2.75, 3.05) is 12.4 Å². The van der Waals surface area contributed by atoms with E-state index in [1.807, 2.05) is 36.1 Å². The minimum atomic E-state index is 0.106. The topological polar surface area (TPSA) is 46.9 Å². The van der Waals surface area contributed by atoms with Gasteiger partial charge in [-0.2, -0.15) is 0 Å². The van der Waals surface area contributed by atoms with Crippen LogP contribution in [0.1, 0.15) is 43.8 Å². The summed E-state index contributed by atoms with van der Waals surface area (Å²) in [4.78, 5) is 17.4. The lowest BCUT2D eigenvalue weighted by molar-refractivity contribution is 0.342. The number of thiazole rings is 1. The third-order valence-electron chi connectivity index (χ3n) is 4.25. The molecule has 0 aliphatic heterocycles. The van der Waals surface area contributed by atoms with Crippen LogP contribution in [-0.2, 0) is 0 Å². The zero-order valence-corrected chi connectivity index (χ0v) is 13.4. The maximum Gasteiger partial charge on any atom is 0.260 e. The summed E-state index contributed by atoms with van der Waals surface area (Å²) in [5.74, 6) is 0. The summed E-state index contributed by atoms with van der Waals surface area (Å²) in [6.45, 7) is 2.03. The van der Waals surface area contributed by atoms with E-state index in [1.54, 1.807) is 0 Å². The average Bonchev–Trinajstić information content (AvgIpc) is 2.97. The van der Waals surface area contributed by atoms with E-state index in [1.165, 1.54) is 30.6 Å². The Bertz CT molecular complexity index is 683. The molecular formula is C16H21N3OS. The van der Waals surface area contributed by atoms with E-state index < -0.39 is 0 Å². The quantitative estimate of drug-likeness (QED) is 0.937. The first-order chi connectivity index (χ1) is 10.2. The number of aryl methyl sites for hydroxylation is 1. The molecule has 0 amide bonds. The molecule has 1 fully saturated rings. The van der Waals surface area contributed by atoms with Gasteiger partial charge in [-0.25, -0.2) is 4.98 Å². The molecule has 0 aromatic carbocycles. The van der Waals surface area contributed by atoms with Gasteiger partial charge >= 0.3 is 0 Å². The second-order valence-electron chi connectivity index (χ2n) is 5.64. The van der Waals surface area contributed by atoms with Crippen LogP contribution >= 0.6 is 11.3 Å². The van der Waals surface area contributed by atoms with Gasteiger partial charge in [-0.15, -0.1) is 11.3 Å². The van der Waals surface area contributed by atoms with Crippen LogP contribution in [-0.4, -0.2) is 16.6 Å². The van der Waals surface area contributed by atoms with Gasteiger partial charge in [0.15, 0.2) is 5.13 Å². The lowest BCUT2D eigenvalue weighted by Crippen LogP contribution is -2.29. The molecule has 2 heterocycles. The van der Waals surface area contributed by atoms with E-state index in [-0.39, 0.29) is 5.56 Å². The molecule has 0 saturated heterocycles. The van der Waals surface area contributed by atoms with Crippen LogP contribution in [0.4, 0.5) is 5.13 Å². The molecule has 5 heteroatoms. The van der Waals surface area contributed by atoms with Crippen molar-refractivity contribution >= 4 is 16.5 Å². The fourth-order valence-corrected chi connectivity index (χ4v) is 3.82. The smallest absolute Gasteiger partial charge is 0.260 e. The standard InChI is InChI=1S/C16H21N3OS/c1-11-8-9-13(14-10-21-16(17-2)18-14)15(20)19(11)12-6-4-3-5-7-12/h8-10,12H,3-7H2,1-2H3,(H,17,18). The highest BCUT2D eigenvalue weighted by Gasteiger charge is 2.20. The highest BCUT2D eigenvalue weighted by molar-refractivity contribution is 7.14. The van der Waals surface area contributed by atoms with Crippen molar-refractivity contribution in [3.63, 3.8) is 0 Å². The SMILES string of the molecule is CNc1nc(-c2ccc(C)n(C3CCCCC3)c2=O)cs1. The van der Waals surface area contributed by atoms with Gasteiger partial charge in [-0.3, -0.25) is 4.79 Å². The molecule has 0 bridgehead atoms. The maximum absolute atomic E-state index is 12.9. The zero-order valence-electron chi connectivity index (χ0n) is 12.6. The number of nitrogens with one attached hydrogen (secondary N) is 1. The second-order valence-corrected chi connectivity index (χ2v) is 6.50. The first kappa shape index (κ1) is 14.3. The predicted molar refractivity (Wildman–Crippen MR) is 88.2 cm³/mol. The summed E-state index contributed by atoms with van der Waals surface area (Å²) in [6.07, 6.45) is 5.97. The van der Waals surface area contributed by atoms with Crippen molar-refractivity contribution in [3.8, 4) is 11.3 Å². The number of hydrogen-bond donors (Lipinski definition) is 1. The Hall–Kier alpha value is -1.62. The summed E-state index contributed by atoms with van der Waals surface area (Å²) in [6, 6.07) is 4.31. The lowest BCUT2D eigenvalue weighted by atomic mass is 9.94. The molecule has 1 aliphatic rings. The van der Waals surface area contributed by atoms with E-state index in [4.69, 9.17) is 0 Å². The molecule has 1 aliphatic carbocycles. The Morgan fingerprint density at radius 3 is 2.71 bits per heavy atom. The van der Waals surface area contributed by atoms with E-state index in [2.05, 4.69) is 10.3 Å². The Kier molecular flexibility index (Phi) is 4.10. The van der Waals surface area contributed by atoms with Gasteiger partial charge in [0.2, 0.25) is 0 Å². The molecule has 0 radical (unpaired) electrons.